The molecule has 2 atom stereocenters. The second-order valence-electron chi connectivity index (χ2n) is 5.88. The molecule has 0 aromatic rings. The molecule has 0 spiro atoms. The molecule has 5 heteroatoms. The van der Waals surface area contributed by atoms with Crippen molar-refractivity contribution in [1.82, 2.24) is 9.80 Å². The molecule has 2 rings (SSSR count). The summed E-state index contributed by atoms with van der Waals surface area (Å²) in [5, 5.41) is 0. The molecule has 0 saturated carbocycles. The van der Waals surface area contributed by atoms with Gasteiger partial charge in [0.1, 0.15) is 0 Å². The number of methoxy groups -OCH3 is 1. The summed E-state index contributed by atoms with van der Waals surface area (Å²) >= 11 is 0. The van der Waals surface area contributed by atoms with Crippen molar-refractivity contribution in [3.05, 3.63) is 0 Å². The first-order valence-electron chi connectivity index (χ1n) is 7.75. The molecule has 0 aromatic carbocycles. The van der Waals surface area contributed by atoms with Gasteiger partial charge in [0.05, 0.1) is 19.6 Å². The fourth-order valence-electron chi connectivity index (χ4n) is 3.37. The highest BCUT2D eigenvalue weighted by atomic mass is 16.5. The monoisotopic (exact) mass is 282 g/mol. The van der Waals surface area contributed by atoms with Gasteiger partial charge in [-0.05, 0) is 39.2 Å². The van der Waals surface area contributed by atoms with Crippen molar-refractivity contribution in [1.29, 1.82) is 0 Å². The number of likely N-dealkylation sites (tertiary alicyclic amines) is 2. The van der Waals surface area contributed by atoms with Crippen molar-refractivity contribution in [3.63, 3.8) is 0 Å². The number of rotatable bonds is 4. The average Bonchev–Trinajstić information content (AvgIpc) is 3.00. The van der Waals surface area contributed by atoms with Crippen LogP contribution >= 0.6 is 0 Å². The number of esters is 1. The lowest BCUT2D eigenvalue weighted by atomic mass is 9.97. The molecule has 20 heavy (non-hydrogen) atoms. The van der Waals surface area contributed by atoms with Gasteiger partial charge in [-0.2, -0.15) is 0 Å². The van der Waals surface area contributed by atoms with Crippen molar-refractivity contribution in [2.45, 2.75) is 57.5 Å². The van der Waals surface area contributed by atoms with Gasteiger partial charge in [0, 0.05) is 19.1 Å². The summed E-state index contributed by atoms with van der Waals surface area (Å²) in [6.45, 7) is 4.66. The summed E-state index contributed by atoms with van der Waals surface area (Å²) in [7, 11) is 1.42. The Hall–Kier alpha value is -1.10. The normalized spacial score (nSPS) is 25.5. The molecule has 0 bridgehead atoms. The molecule has 1 amide bonds. The van der Waals surface area contributed by atoms with Crippen molar-refractivity contribution in [2.75, 3.05) is 26.7 Å². The van der Waals surface area contributed by atoms with Crippen LogP contribution in [-0.2, 0) is 14.3 Å². The average molecular weight is 282 g/mol. The molecule has 114 valence electrons. The number of carbonyl (C=O) groups excluding carboxylic acids is 2. The van der Waals surface area contributed by atoms with E-state index in [1.54, 1.807) is 0 Å². The maximum Gasteiger partial charge on any atom is 0.307 e. The van der Waals surface area contributed by atoms with Gasteiger partial charge in [-0.3, -0.25) is 14.5 Å². The fourth-order valence-corrected chi connectivity index (χ4v) is 3.37. The Morgan fingerprint density at radius 2 is 1.80 bits per heavy atom. The van der Waals surface area contributed by atoms with E-state index in [2.05, 4.69) is 4.90 Å². The van der Waals surface area contributed by atoms with Crippen LogP contribution in [0.1, 0.15) is 45.4 Å². The van der Waals surface area contributed by atoms with Gasteiger partial charge >= 0.3 is 5.97 Å². The molecule has 2 unspecified atom stereocenters. The van der Waals surface area contributed by atoms with E-state index in [0.717, 1.165) is 51.7 Å². The third-order valence-corrected chi connectivity index (χ3v) is 4.58. The van der Waals surface area contributed by atoms with Crippen molar-refractivity contribution < 1.29 is 14.3 Å². The third kappa shape index (κ3) is 3.51. The maximum absolute atomic E-state index is 12.5. The quantitative estimate of drug-likeness (QED) is 0.732. The van der Waals surface area contributed by atoms with E-state index >= 15 is 0 Å². The van der Waals surface area contributed by atoms with E-state index in [-0.39, 0.29) is 24.0 Å². The van der Waals surface area contributed by atoms with Crippen LogP contribution in [0.25, 0.3) is 0 Å². The lowest BCUT2D eigenvalue weighted by molar-refractivity contribution is -0.145. The number of amides is 1. The number of ether oxygens (including phenoxy) is 1. The molecule has 2 heterocycles. The molecule has 2 aliphatic heterocycles. The summed E-state index contributed by atoms with van der Waals surface area (Å²) in [5.41, 5.74) is 0. The molecule has 2 aliphatic rings. The molecule has 2 fully saturated rings. The Morgan fingerprint density at radius 3 is 2.45 bits per heavy atom. The van der Waals surface area contributed by atoms with Crippen molar-refractivity contribution >= 4 is 11.9 Å². The topological polar surface area (TPSA) is 49.9 Å². The Labute approximate surface area is 121 Å². The summed E-state index contributed by atoms with van der Waals surface area (Å²) in [6, 6.07) is 0.0285. The van der Waals surface area contributed by atoms with Crippen molar-refractivity contribution in [3.8, 4) is 0 Å². The molecule has 0 aromatic heterocycles. The predicted molar refractivity (Wildman–Crippen MR) is 76.3 cm³/mol. The Morgan fingerprint density at radius 1 is 1.15 bits per heavy atom. The summed E-state index contributed by atoms with van der Waals surface area (Å²) < 4.78 is 4.78. The van der Waals surface area contributed by atoms with Gasteiger partial charge in [0.25, 0.3) is 0 Å². The van der Waals surface area contributed by atoms with E-state index in [0.29, 0.717) is 6.42 Å². The van der Waals surface area contributed by atoms with Crippen LogP contribution in [0.3, 0.4) is 0 Å². The van der Waals surface area contributed by atoms with E-state index in [9.17, 15) is 9.59 Å². The number of nitrogens with zero attached hydrogens (tertiary/aromatic N) is 2. The first kappa shape index (κ1) is 15.3. The zero-order valence-corrected chi connectivity index (χ0v) is 12.6. The predicted octanol–water partition coefficient (Wildman–Crippen LogP) is 1.41. The molecule has 5 nitrogen and oxygen atoms in total. The Balaban J connectivity index is 1.98. The SMILES string of the molecule is COC(=O)CC1CCCCN1C(C)C(=O)N1CCCC1. The standard InChI is InChI=1S/C15H26N2O3/c1-12(15(19)16-8-5-6-9-16)17-10-4-3-7-13(17)11-14(18)20-2/h12-13H,3-11H2,1-2H3. The van der Waals surface area contributed by atoms with Gasteiger partial charge in [0.2, 0.25) is 5.91 Å². The molecule has 0 N–H and O–H groups in total. The second-order valence-corrected chi connectivity index (χ2v) is 5.88. The van der Waals surface area contributed by atoms with E-state index in [4.69, 9.17) is 4.74 Å². The van der Waals surface area contributed by atoms with Crippen LogP contribution in [0.15, 0.2) is 0 Å². The van der Waals surface area contributed by atoms with E-state index in [1.165, 1.54) is 7.11 Å². The summed E-state index contributed by atoms with van der Waals surface area (Å²) in [6.07, 6.45) is 5.84. The largest absolute Gasteiger partial charge is 0.469 e. The number of hydrogen-bond acceptors (Lipinski definition) is 4. The first-order valence-corrected chi connectivity index (χ1v) is 7.75. The smallest absolute Gasteiger partial charge is 0.307 e. The molecular formula is C15H26N2O3. The maximum atomic E-state index is 12.5. The zero-order chi connectivity index (χ0) is 14.5. The van der Waals surface area contributed by atoms with E-state index in [1.807, 2.05) is 11.8 Å². The highest BCUT2D eigenvalue weighted by Gasteiger charge is 2.34. The molecular weight excluding hydrogens is 256 g/mol. The Kier molecular flexibility index (Phi) is 5.40. The third-order valence-electron chi connectivity index (χ3n) is 4.58. The van der Waals surface area contributed by atoms with Crippen LogP contribution in [0.4, 0.5) is 0 Å². The lowest BCUT2D eigenvalue weighted by Gasteiger charge is -2.39. The summed E-state index contributed by atoms with van der Waals surface area (Å²) in [4.78, 5) is 28.2. The van der Waals surface area contributed by atoms with Crippen LogP contribution in [-0.4, -0.2) is 60.5 Å². The molecule has 0 aliphatic carbocycles. The highest BCUT2D eigenvalue weighted by molar-refractivity contribution is 5.82. The minimum absolute atomic E-state index is 0.122. The number of piperidine rings is 1. The lowest BCUT2D eigenvalue weighted by Crippen LogP contribution is -2.52. The minimum atomic E-state index is -0.178. The molecule has 2 saturated heterocycles. The first-order chi connectivity index (χ1) is 9.63. The highest BCUT2D eigenvalue weighted by Crippen LogP contribution is 2.24. The minimum Gasteiger partial charge on any atom is -0.469 e. The van der Waals surface area contributed by atoms with Crippen LogP contribution in [0.5, 0.6) is 0 Å². The number of carbonyl (C=O) groups is 2. The van der Waals surface area contributed by atoms with Gasteiger partial charge < -0.3 is 9.64 Å². The van der Waals surface area contributed by atoms with Gasteiger partial charge in [0.15, 0.2) is 0 Å². The van der Waals surface area contributed by atoms with Crippen LogP contribution in [0.2, 0.25) is 0 Å². The fraction of sp³-hybridized carbons (Fsp3) is 0.867. The van der Waals surface area contributed by atoms with Gasteiger partial charge in [-0.15, -0.1) is 0 Å². The van der Waals surface area contributed by atoms with Gasteiger partial charge in [-0.25, -0.2) is 0 Å². The number of hydrogen-bond donors (Lipinski definition) is 0. The Bertz CT molecular complexity index is 353. The van der Waals surface area contributed by atoms with Crippen molar-refractivity contribution in [2.24, 2.45) is 0 Å². The van der Waals surface area contributed by atoms with Crippen LogP contribution < -0.4 is 0 Å². The second kappa shape index (κ2) is 7.07. The molecule has 0 radical (unpaired) electrons. The van der Waals surface area contributed by atoms with E-state index < -0.39 is 0 Å². The zero-order valence-electron chi connectivity index (χ0n) is 12.6. The van der Waals surface area contributed by atoms with Crippen LogP contribution in [0, 0.1) is 0 Å². The van der Waals surface area contributed by atoms with Gasteiger partial charge in [-0.1, -0.05) is 6.42 Å². The summed E-state index contributed by atoms with van der Waals surface area (Å²) in [5.74, 6) is 0.0435.